The minimum absolute atomic E-state index is 0.102. The smallest absolute Gasteiger partial charge is 0.295 e. The molecule has 10 nitrogen and oxygen atoms in total. The molecule has 3 rings (SSSR count). The lowest BCUT2D eigenvalue weighted by molar-refractivity contribution is -0.384. The van der Waals surface area contributed by atoms with Gasteiger partial charge in [0.25, 0.3) is 17.4 Å². The Hall–Kier alpha value is -3.56. The van der Waals surface area contributed by atoms with E-state index in [0.29, 0.717) is 5.78 Å². The molecule has 0 aliphatic heterocycles. The molecule has 0 radical (unpaired) electrons. The summed E-state index contributed by atoms with van der Waals surface area (Å²) < 4.78 is 6.57. The zero-order valence-corrected chi connectivity index (χ0v) is 13.7. The monoisotopic (exact) mass is 342 g/mol. The molecule has 0 atom stereocenters. The van der Waals surface area contributed by atoms with Crippen molar-refractivity contribution in [3.8, 4) is 5.75 Å². The maximum absolute atomic E-state index is 12.4. The van der Waals surface area contributed by atoms with E-state index in [1.807, 2.05) is 19.9 Å². The Labute approximate surface area is 141 Å². The van der Waals surface area contributed by atoms with Crippen LogP contribution in [0.1, 0.15) is 22.0 Å². The van der Waals surface area contributed by atoms with E-state index in [1.165, 1.54) is 29.8 Å². The molecule has 2 aromatic heterocycles. The highest BCUT2D eigenvalue weighted by Crippen LogP contribution is 2.29. The second kappa shape index (κ2) is 6.15. The molecular formula is C15H14N6O4. The van der Waals surface area contributed by atoms with Crippen molar-refractivity contribution < 1.29 is 14.5 Å². The molecule has 0 saturated carbocycles. The van der Waals surface area contributed by atoms with Crippen LogP contribution in [-0.4, -0.2) is 37.5 Å². The van der Waals surface area contributed by atoms with Crippen molar-refractivity contribution in [3.05, 3.63) is 51.6 Å². The van der Waals surface area contributed by atoms with Gasteiger partial charge in [0, 0.05) is 23.5 Å². The van der Waals surface area contributed by atoms with Gasteiger partial charge >= 0.3 is 0 Å². The van der Waals surface area contributed by atoms with Gasteiger partial charge in [0.05, 0.1) is 17.7 Å². The van der Waals surface area contributed by atoms with Gasteiger partial charge in [-0.1, -0.05) is 0 Å². The van der Waals surface area contributed by atoms with Gasteiger partial charge < -0.3 is 10.1 Å². The lowest BCUT2D eigenvalue weighted by Crippen LogP contribution is -2.15. The molecule has 0 aliphatic carbocycles. The van der Waals surface area contributed by atoms with E-state index in [0.717, 1.165) is 11.4 Å². The Morgan fingerprint density at radius 3 is 2.72 bits per heavy atom. The van der Waals surface area contributed by atoms with Gasteiger partial charge in [-0.15, -0.1) is 5.10 Å². The maximum Gasteiger partial charge on any atom is 0.295 e. The minimum Gasteiger partial charge on any atom is -0.495 e. The summed E-state index contributed by atoms with van der Waals surface area (Å²) in [5.74, 6) is -0.141. The molecule has 0 bridgehead atoms. The number of non-ortho nitro benzene ring substituents is 1. The Balaban J connectivity index is 1.96. The van der Waals surface area contributed by atoms with E-state index in [4.69, 9.17) is 4.74 Å². The number of nitrogens with one attached hydrogen (secondary N) is 1. The van der Waals surface area contributed by atoms with Crippen molar-refractivity contribution in [2.75, 3.05) is 12.4 Å². The molecule has 0 spiro atoms. The van der Waals surface area contributed by atoms with E-state index in [1.54, 1.807) is 0 Å². The van der Waals surface area contributed by atoms with Gasteiger partial charge in [-0.3, -0.25) is 14.9 Å². The lowest BCUT2D eigenvalue weighted by atomic mass is 10.2. The van der Waals surface area contributed by atoms with Gasteiger partial charge in [-0.25, -0.2) is 9.50 Å². The summed E-state index contributed by atoms with van der Waals surface area (Å²) in [6.45, 7) is 3.64. The van der Waals surface area contributed by atoms with Crippen molar-refractivity contribution in [2.24, 2.45) is 0 Å². The number of amides is 1. The van der Waals surface area contributed by atoms with E-state index >= 15 is 0 Å². The van der Waals surface area contributed by atoms with Gasteiger partial charge in [0.2, 0.25) is 5.82 Å². The molecular weight excluding hydrogens is 328 g/mol. The summed E-state index contributed by atoms with van der Waals surface area (Å²) in [6.07, 6.45) is 0. The molecule has 25 heavy (non-hydrogen) atoms. The van der Waals surface area contributed by atoms with Crippen LogP contribution < -0.4 is 10.1 Å². The van der Waals surface area contributed by atoms with E-state index in [9.17, 15) is 14.9 Å². The molecule has 1 aromatic carbocycles. The average Bonchev–Trinajstić information content (AvgIpc) is 2.99. The molecule has 1 N–H and O–H groups in total. The number of carbonyl (C=O) groups is 1. The number of ether oxygens (including phenoxy) is 1. The number of methoxy groups -OCH3 is 1. The highest BCUT2D eigenvalue weighted by atomic mass is 16.6. The summed E-state index contributed by atoms with van der Waals surface area (Å²) in [4.78, 5) is 31.1. The van der Waals surface area contributed by atoms with Crippen molar-refractivity contribution in [3.63, 3.8) is 0 Å². The van der Waals surface area contributed by atoms with Crippen LogP contribution in [0.25, 0.3) is 5.78 Å². The van der Waals surface area contributed by atoms with Crippen molar-refractivity contribution >= 4 is 23.1 Å². The second-order valence-electron chi connectivity index (χ2n) is 5.28. The fourth-order valence-corrected chi connectivity index (χ4v) is 2.35. The zero-order valence-electron chi connectivity index (χ0n) is 13.7. The number of aromatic nitrogens is 4. The number of hydrogen-bond donors (Lipinski definition) is 1. The number of nitro benzene ring substituents is 1. The number of nitrogens with zero attached hydrogens (tertiary/aromatic N) is 5. The predicted octanol–water partition coefficient (Wildman–Crippen LogP) is 1.91. The average molecular weight is 342 g/mol. The third-order valence-corrected chi connectivity index (χ3v) is 3.46. The van der Waals surface area contributed by atoms with Crippen molar-refractivity contribution in [2.45, 2.75) is 13.8 Å². The largest absolute Gasteiger partial charge is 0.495 e. The fraction of sp³-hybridized carbons (Fsp3) is 0.200. The lowest BCUT2D eigenvalue weighted by Gasteiger charge is -2.08. The van der Waals surface area contributed by atoms with Gasteiger partial charge in [-0.2, -0.15) is 4.98 Å². The summed E-state index contributed by atoms with van der Waals surface area (Å²) in [6, 6.07) is 5.71. The molecule has 2 heterocycles. The summed E-state index contributed by atoms with van der Waals surface area (Å²) >= 11 is 0. The number of hydrogen-bond acceptors (Lipinski definition) is 7. The fourth-order valence-electron chi connectivity index (χ4n) is 2.35. The predicted molar refractivity (Wildman–Crippen MR) is 87.9 cm³/mol. The number of fused-ring (bicyclic) bond motifs is 1. The summed E-state index contributed by atoms with van der Waals surface area (Å²) in [5.41, 5.74) is 1.51. The maximum atomic E-state index is 12.4. The number of carbonyl (C=O) groups excluding carboxylic acids is 1. The van der Waals surface area contributed by atoms with Crippen LogP contribution in [0.3, 0.4) is 0 Å². The Morgan fingerprint density at radius 1 is 1.28 bits per heavy atom. The third kappa shape index (κ3) is 3.09. The Kier molecular flexibility index (Phi) is 4.01. The van der Waals surface area contributed by atoms with Gasteiger partial charge in [-0.05, 0) is 26.0 Å². The van der Waals surface area contributed by atoms with E-state index in [2.05, 4.69) is 20.4 Å². The first-order valence-corrected chi connectivity index (χ1v) is 7.24. The highest BCUT2D eigenvalue weighted by molar-refractivity contribution is 6.02. The van der Waals surface area contributed by atoms with Crippen LogP contribution in [-0.2, 0) is 0 Å². The Morgan fingerprint density at radius 2 is 2.04 bits per heavy atom. The van der Waals surface area contributed by atoms with E-state index in [-0.39, 0.29) is 22.9 Å². The Bertz CT molecular complexity index is 997. The molecule has 10 heteroatoms. The van der Waals surface area contributed by atoms with Crippen LogP contribution >= 0.6 is 0 Å². The van der Waals surface area contributed by atoms with Crippen molar-refractivity contribution in [1.29, 1.82) is 0 Å². The molecule has 0 fully saturated rings. The van der Waals surface area contributed by atoms with Gasteiger partial charge in [0.15, 0.2) is 0 Å². The van der Waals surface area contributed by atoms with Crippen LogP contribution in [0.15, 0.2) is 24.3 Å². The number of aryl methyl sites for hydroxylation is 2. The zero-order chi connectivity index (χ0) is 18.1. The first-order valence-electron chi connectivity index (χ1n) is 7.24. The molecule has 0 saturated heterocycles. The second-order valence-corrected chi connectivity index (χ2v) is 5.28. The van der Waals surface area contributed by atoms with Crippen LogP contribution in [0.5, 0.6) is 5.75 Å². The minimum atomic E-state index is -0.624. The molecule has 3 aromatic rings. The standard InChI is InChI=1S/C15H14N6O4/c1-8-6-9(2)20-15(16-8)18-13(19-20)14(22)17-11-7-10(21(23)24)4-5-12(11)25-3/h4-7H,1-3H3,(H,17,22). The third-order valence-electron chi connectivity index (χ3n) is 3.46. The van der Waals surface area contributed by atoms with E-state index < -0.39 is 10.8 Å². The molecule has 1 amide bonds. The SMILES string of the molecule is COc1ccc([N+](=O)[O-])cc1NC(=O)c1nc2nc(C)cc(C)n2n1. The quantitative estimate of drug-likeness (QED) is 0.567. The summed E-state index contributed by atoms with van der Waals surface area (Å²) in [7, 11) is 1.40. The number of benzene rings is 1. The first-order chi connectivity index (χ1) is 11.9. The number of rotatable bonds is 4. The topological polar surface area (TPSA) is 125 Å². The normalized spacial score (nSPS) is 10.7. The van der Waals surface area contributed by atoms with Crippen LogP contribution in [0.4, 0.5) is 11.4 Å². The van der Waals surface area contributed by atoms with Crippen molar-refractivity contribution in [1.82, 2.24) is 19.6 Å². The molecule has 0 aliphatic rings. The van der Waals surface area contributed by atoms with Crippen LogP contribution in [0, 0.1) is 24.0 Å². The molecule has 128 valence electrons. The summed E-state index contributed by atoms with van der Waals surface area (Å²) in [5, 5.41) is 17.6. The highest BCUT2D eigenvalue weighted by Gasteiger charge is 2.18. The number of nitro groups is 1. The van der Waals surface area contributed by atoms with Crippen LogP contribution in [0.2, 0.25) is 0 Å². The first kappa shape index (κ1) is 16.3. The molecule has 0 unspecified atom stereocenters. The number of anilines is 1. The van der Waals surface area contributed by atoms with Gasteiger partial charge in [0.1, 0.15) is 5.75 Å².